The van der Waals surface area contributed by atoms with E-state index in [1.165, 1.54) is 0 Å². The first kappa shape index (κ1) is 23.0. The Hall–Kier alpha value is 0.840. The van der Waals surface area contributed by atoms with Gasteiger partial charge < -0.3 is 19.7 Å². The Kier molecular flexibility index (Phi) is 34.6. The second-order valence-electron chi connectivity index (χ2n) is 3.36. The smallest absolute Gasteiger partial charge is 0.853 e. The van der Waals surface area contributed by atoms with Gasteiger partial charge >= 0.3 is 29.6 Å². The van der Waals surface area contributed by atoms with Crippen molar-refractivity contribution in [3.63, 3.8) is 0 Å². The van der Waals surface area contributed by atoms with Crippen molar-refractivity contribution in [2.75, 3.05) is 39.6 Å². The molecule has 0 aliphatic carbocycles. The first-order valence-corrected chi connectivity index (χ1v) is 6.17. The van der Waals surface area contributed by atoms with Crippen LogP contribution in [0.1, 0.15) is 39.5 Å². The SMILES string of the molecule is CCCCOCCO.CCCCOCC[O-].[Na+]. The van der Waals surface area contributed by atoms with Gasteiger partial charge in [-0.1, -0.05) is 26.7 Å². The van der Waals surface area contributed by atoms with Crippen LogP contribution >= 0.6 is 0 Å². The maximum absolute atomic E-state index is 9.77. The molecule has 0 aliphatic heterocycles. The van der Waals surface area contributed by atoms with Gasteiger partial charge in [0.15, 0.2) is 0 Å². The monoisotopic (exact) mass is 258 g/mol. The van der Waals surface area contributed by atoms with E-state index in [-0.39, 0.29) is 42.8 Å². The van der Waals surface area contributed by atoms with Crippen molar-refractivity contribution in [3.8, 4) is 0 Å². The van der Waals surface area contributed by atoms with Gasteiger partial charge in [-0.05, 0) is 12.8 Å². The van der Waals surface area contributed by atoms with E-state index in [0.29, 0.717) is 13.2 Å². The van der Waals surface area contributed by atoms with Crippen LogP contribution in [-0.4, -0.2) is 44.7 Å². The van der Waals surface area contributed by atoms with E-state index in [1.54, 1.807) is 0 Å². The van der Waals surface area contributed by atoms with Crippen LogP contribution in [0.15, 0.2) is 0 Å². The minimum absolute atomic E-state index is 0. The molecule has 0 rings (SSSR count). The zero-order valence-electron chi connectivity index (χ0n) is 11.7. The van der Waals surface area contributed by atoms with Gasteiger partial charge in [-0.25, -0.2) is 0 Å². The topological polar surface area (TPSA) is 61.8 Å². The fraction of sp³-hybridized carbons (Fsp3) is 1.00. The van der Waals surface area contributed by atoms with Crippen LogP contribution in [0.4, 0.5) is 0 Å². The van der Waals surface area contributed by atoms with Gasteiger partial charge in [0, 0.05) is 19.8 Å². The van der Waals surface area contributed by atoms with Gasteiger partial charge in [-0.3, -0.25) is 0 Å². The van der Waals surface area contributed by atoms with Crippen LogP contribution in [0.5, 0.6) is 0 Å². The van der Waals surface area contributed by atoms with Crippen LogP contribution < -0.4 is 34.7 Å². The third kappa shape index (κ3) is 31.6. The molecule has 0 spiro atoms. The molecule has 0 heterocycles. The molecule has 5 heteroatoms. The molecule has 0 fully saturated rings. The molecular weight excluding hydrogens is 231 g/mol. The number of ether oxygens (including phenoxy) is 2. The van der Waals surface area contributed by atoms with Crippen molar-refractivity contribution < 1.29 is 49.2 Å². The number of rotatable bonds is 10. The summed E-state index contributed by atoms with van der Waals surface area (Å²) in [7, 11) is 0. The molecule has 4 nitrogen and oxygen atoms in total. The number of hydrogen-bond donors (Lipinski definition) is 1. The summed E-state index contributed by atoms with van der Waals surface area (Å²) in [5.74, 6) is 0. The molecule has 0 aromatic carbocycles. The van der Waals surface area contributed by atoms with E-state index in [4.69, 9.17) is 14.6 Å². The number of aliphatic hydroxyl groups excluding tert-OH is 1. The first-order chi connectivity index (χ1) is 7.83. The Labute approximate surface area is 128 Å². The summed E-state index contributed by atoms with van der Waals surface area (Å²) in [6, 6.07) is 0. The van der Waals surface area contributed by atoms with Crippen molar-refractivity contribution in [1.82, 2.24) is 0 Å². The summed E-state index contributed by atoms with van der Waals surface area (Å²) in [5.41, 5.74) is 0. The van der Waals surface area contributed by atoms with Crippen LogP contribution in [-0.2, 0) is 9.47 Å². The Bertz CT molecular complexity index is 80.5. The molecule has 0 aliphatic rings. The van der Waals surface area contributed by atoms with Gasteiger partial charge in [0.2, 0.25) is 0 Å². The van der Waals surface area contributed by atoms with E-state index >= 15 is 0 Å². The van der Waals surface area contributed by atoms with Crippen LogP contribution in [0.3, 0.4) is 0 Å². The molecule has 0 aromatic rings. The Balaban J connectivity index is -0.000000218. The summed E-state index contributed by atoms with van der Waals surface area (Å²) >= 11 is 0. The molecule has 0 radical (unpaired) electrons. The summed E-state index contributed by atoms with van der Waals surface area (Å²) in [6.45, 7) is 6.64. The standard InChI is InChI=1S/C6H14O2.C6H13O2.Na/c2*1-2-3-5-8-6-4-7;/h7H,2-6H2,1H3;2-6H2,1H3;/q;-1;+1. The number of unbranched alkanes of at least 4 members (excludes halogenated alkanes) is 2. The quantitative estimate of drug-likeness (QED) is 0.362. The van der Waals surface area contributed by atoms with Crippen molar-refractivity contribution >= 4 is 0 Å². The minimum Gasteiger partial charge on any atom is -0.853 e. The van der Waals surface area contributed by atoms with Gasteiger partial charge in [0.25, 0.3) is 0 Å². The van der Waals surface area contributed by atoms with Gasteiger partial charge in [-0.15, -0.1) is 6.61 Å². The van der Waals surface area contributed by atoms with Crippen molar-refractivity contribution in [2.24, 2.45) is 0 Å². The zero-order chi connectivity index (χ0) is 12.5. The largest absolute Gasteiger partial charge is 1.00 e. The van der Waals surface area contributed by atoms with E-state index in [1.807, 2.05) is 0 Å². The number of aliphatic hydroxyl groups is 1. The van der Waals surface area contributed by atoms with Crippen LogP contribution in [0.2, 0.25) is 0 Å². The summed E-state index contributed by atoms with van der Waals surface area (Å²) in [4.78, 5) is 0. The summed E-state index contributed by atoms with van der Waals surface area (Å²) < 4.78 is 9.88. The fourth-order valence-electron chi connectivity index (χ4n) is 0.820. The molecule has 0 saturated carbocycles. The van der Waals surface area contributed by atoms with Gasteiger partial charge in [-0.2, -0.15) is 0 Å². The Morgan fingerprint density at radius 2 is 1.35 bits per heavy atom. The maximum atomic E-state index is 9.77. The van der Waals surface area contributed by atoms with Crippen LogP contribution in [0.25, 0.3) is 0 Å². The van der Waals surface area contributed by atoms with E-state index in [9.17, 15) is 5.11 Å². The molecule has 1 N–H and O–H groups in total. The summed E-state index contributed by atoms with van der Waals surface area (Å²) in [6.07, 6.45) is 4.46. The first-order valence-electron chi connectivity index (χ1n) is 6.17. The van der Waals surface area contributed by atoms with Gasteiger partial charge in [0.05, 0.1) is 13.2 Å². The average Bonchev–Trinajstić information content (AvgIpc) is 2.31. The Morgan fingerprint density at radius 1 is 0.882 bits per heavy atom. The normalized spacial score (nSPS) is 9.18. The van der Waals surface area contributed by atoms with Gasteiger partial charge in [0.1, 0.15) is 0 Å². The Morgan fingerprint density at radius 3 is 1.71 bits per heavy atom. The molecule has 17 heavy (non-hydrogen) atoms. The van der Waals surface area contributed by atoms with E-state index < -0.39 is 0 Å². The molecule has 0 unspecified atom stereocenters. The molecular formula is C12H27NaO4. The molecule has 0 atom stereocenters. The molecule has 0 amide bonds. The summed E-state index contributed by atoms with van der Waals surface area (Å²) in [5, 5.41) is 18.0. The zero-order valence-corrected chi connectivity index (χ0v) is 13.7. The second-order valence-corrected chi connectivity index (χ2v) is 3.36. The predicted molar refractivity (Wildman–Crippen MR) is 63.4 cm³/mol. The van der Waals surface area contributed by atoms with Crippen molar-refractivity contribution in [2.45, 2.75) is 39.5 Å². The van der Waals surface area contributed by atoms with Crippen molar-refractivity contribution in [1.29, 1.82) is 0 Å². The molecule has 100 valence electrons. The molecule has 0 aromatic heterocycles. The van der Waals surface area contributed by atoms with E-state index in [0.717, 1.165) is 38.9 Å². The fourth-order valence-corrected chi connectivity index (χ4v) is 0.820. The minimum atomic E-state index is -0.107. The molecule has 0 saturated heterocycles. The third-order valence-electron chi connectivity index (χ3n) is 1.75. The average molecular weight is 258 g/mol. The predicted octanol–water partition coefficient (Wildman–Crippen LogP) is -2.04. The van der Waals surface area contributed by atoms with E-state index in [2.05, 4.69) is 13.8 Å². The molecule has 0 bridgehead atoms. The number of hydrogen-bond acceptors (Lipinski definition) is 4. The second kappa shape index (κ2) is 25.6. The van der Waals surface area contributed by atoms with Crippen molar-refractivity contribution in [3.05, 3.63) is 0 Å². The van der Waals surface area contributed by atoms with Crippen LogP contribution in [0, 0.1) is 0 Å². The maximum Gasteiger partial charge on any atom is 1.00 e. The third-order valence-corrected chi connectivity index (χ3v) is 1.75.